The van der Waals surface area contributed by atoms with Gasteiger partial charge in [-0.3, -0.25) is 0 Å². The first-order valence-corrected chi connectivity index (χ1v) is 7.98. The van der Waals surface area contributed by atoms with E-state index < -0.39 is 5.60 Å². The molecule has 3 heteroatoms. The normalized spacial score (nSPS) is 17.2. The van der Waals surface area contributed by atoms with E-state index in [9.17, 15) is 5.11 Å². The molecular formula is C17H21NOS. The number of thiazole rings is 1. The second kappa shape index (κ2) is 4.68. The Hall–Kier alpha value is -1.19. The number of aromatic nitrogens is 1. The molecule has 1 heterocycles. The highest BCUT2D eigenvalue weighted by Crippen LogP contribution is 2.34. The number of benzene rings is 1. The molecule has 0 spiro atoms. The van der Waals surface area contributed by atoms with Crippen LogP contribution in [0.3, 0.4) is 0 Å². The summed E-state index contributed by atoms with van der Waals surface area (Å²) < 4.78 is 0. The molecule has 1 aliphatic rings. The van der Waals surface area contributed by atoms with Gasteiger partial charge in [-0.25, -0.2) is 4.98 Å². The molecule has 0 atom stereocenters. The summed E-state index contributed by atoms with van der Waals surface area (Å²) >= 11 is 1.67. The molecule has 0 saturated heterocycles. The van der Waals surface area contributed by atoms with Crippen molar-refractivity contribution < 1.29 is 5.11 Å². The predicted molar refractivity (Wildman–Crippen MR) is 83.3 cm³/mol. The Morgan fingerprint density at radius 1 is 1.20 bits per heavy atom. The summed E-state index contributed by atoms with van der Waals surface area (Å²) in [5.74, 6) is 0. The molecule has 1 aliphatic carbocycles. The van der Waals surface area contributed by atoms with E-state index in [2.05, 4.69) is 38.3 Å². The Morgan fingerprint density at radius 3 is 2.30 bits per heavy atom. The van der Waals surface area contributed by atoms with Crippen molar-refractivity contribution in [1.82, 2.24) is 4.98 Å². The molecule has 1 N–H and O–H groups in total. The van der Waals surface area contributed by atoms with E-state index >= 15 is 0 Å². The van der Waals surface area contributed by atoms with Crippen molar-refractivity contribution in [2.24, 2.45) is 0 Å². The van der Waals surface area contributed by atoms with E-state index in [1.807, 2.05) is 12.1 Å². The standard InChI is InChI=1S/C17H21NOS/c1-16(2,3)14-11-20-15(18-14)10-17(19)8-12-6-4-5-7-13(12)9-17/h4-7,11,19H,8-10H2,1-3H3. The number of fused-ring (bicyclic) bond motifs is 1. The molecule has 20 heavy (non-hydrogen) atoms. The summed E-state index contributed by atoms with van der Waals surface area (Å²) in [6.45, 7) is 6.52. The van der Waals surface area contributed by atoms with Crippen LogP contribution >= 0.6 is 11.3 Å². The third kappa shape index (κ3) is 2.65. The lowest BCUT2D eigenvalue weighted by Crippen LogP contribution is -2.32. The summed E-state index contributed by atoms with van der Waals surface area (Å²) in [5, 5.41) is 14.0. The SMILES string of the molecule is CC(C)(C)c1csc(CC2(O)Cc3ccccc3C2)n1. The lowest BCUT2D eigenvalue weighted by molar-refractivity contribution is 0.0517. The van der Waals surface area contributed by atoms with Crippen molar-refractivity contribution in [1.29, 1.82) is 0 Å². The highest BCUT2D eigenvalue weighted by atomic mass is 32.1. The van der Waals surface area contributed by atoms with Crippen LogP contribution in [-0.2, 0) is 24.7 Å². The lowest BCUT2D eigenvalue weighted by atomic mass is 9.93. The average molecular weight is 287 g/mol. The van der Waals surface area contributed by atoms with E-state index in [-0.39, 0.29) is 5.41 Å². The van der Waals surface area contributed by atoms with Gasteiger partial charge in [-0.2, -0.15) is 0 Å². The Kier molecular flexibility index (Phi) is 3.22. The Balaban J connectivity index is 1.78. The fourth-order valence-corrected chi connectivity index (χ4v) is 3.97. The third-order valence-electron chi connectivity index (χ3n) is 3.96. The lowest BCUT2D eigenvalue weighted by Gasteiger charge is -2.21. The van der Waals surface area contributed by atoms with Crippen LogP contribution in [0.15, 0.2) is 29.6 Å². The van der Waals surface area contributed by atoms with E-state index in [0.29, 0.717) is 6.42 Å². The highest BCUT2D eigenvalue weighted by Gasteiger charge is 2.36. The molecule has 2 nitrogen and oxygen atoms in total. The maximum absolute atomic E-state index is 10.8. The number of aliphatic hydroxyl groups is 1. The van der Waals surface area contributed by atoms with Gasteiger partial charge >= 0.3 is 0 Å². The molecule has 0 fully saturated rings. The summed E-state index contributed by atoms with van der Waals surface area (Å²) in [6, 6.07) is 8.34. The van der Waals surface area contributed by atoms with Crippen LogP contribution in [-0.4, -0.2) is 15.7 Å². The van der Waals surface area contributed by atoms with E-state index in [4.69, 9.17) is 4.98 Å². The van der Waals surface area contributed by atoms with Crippen LogP contribution < -0.4 is 0 Å². The van der Waals surface area contributed by atoms with Gasteiger partial charge in [-0.1, -0.05) is 45.0 Å². The summed E-state index contributed by atoms with van der Waals surface area (Å²) in [6.07, 6.45) is 2.14. The fraction of sp³-hybridized carbons (Fsp3) is 0.471. The van der Waals surface area contributed by atoms with Crippen LogP contribution in [0.4, 0.5) is 0 Å². The first-order valence-electron chi connectivity index (χ1n) is 7.10. The topological polar surface area (TPSA) is 33.1 Å². The summed E-state index contributed by atoms with van der Waals surface area (Å²) in [5.41, 5.74) is 3.11. The van der Waals surface area contributed by atoms with E-state index in [1.54, 1.807) is 11.3 Å². The minimum Gasteiger partial charge on any atom is -0.389 e. The fourth-order valence-electron chi connectivity index (χ4n) is 2.82. The van der Waals surface area contributed by atoms with E-state index in [0.717, 1.165) is 23.5 Å². The monoisotopic (exact) mass is 287 g/mol. The quantitative estimate of drug-likeness (QED) is 0.917. The average Bonchev–Trinajstić information content (AvgIpc) is 2.91. The van der Waals surface area contributed by atoms with Gasteiger partial charge in [0.1, 0.15) is 0 Å². The van der Waals surface area contributed by atoms with Crippen molar-refractivity contribution >= 4 is 11.3 Å². The number of hydrogen-bond donors (Lipinski definition) is 1. The number of nitrogens with zero attached hydrogens (tertiary/aromatic N) is 1. The summed E-state index contributed by atoms with van der Waals surface area (Å²) in [4.78, 5) is 4.71. The van der Waals surface area contributed by atoms with Crippen molar-refractivity contribution in [3.05, 3.63) is 51.5 Å². The van der Waals surface area contributed by atoms with Crippen LogP contribution in [0.25, 0.3) is 0 Å². The largest absolute Gasteiger partial charge is 0.389 e. The highest BCUT2D eigenvalue weighted by molar-refractivity contribution is 7.09. The first-order chi connectivity index (χ1) is 9.36. The molecule has 0 amide bonds. The molecule has 1 aromatic carbocycles. The van der Waals surface area contributed by atoms with Crippen molar-refractivity contribution in [3.8, 4) is 0 Å². The second-order valence-electron chi connectivity index (χ2n) is 6.90. The maximum atomic E-state index is 10.8. The molecule has 0 unspecified atom stereocenters. The second-order valence-corrected chi connectivity index (χ2v) is 7.84. The van der Waals surface area contributed by atoms with Gasteiger partial charge in [0.15, 0.2) is 0 Å². The van der Waals surface area contributed by atoms with Gasteiger partial charge in [-0.15, -0.1) is 11.3 Å². The smallest absolute Gasteiger partial charge is 0.0957 e. The van der Waals surface area contributed by atoms with Crippen LogP contribution in [0.5, 0.6) is 0 Å². The van der Waals surface area contributed by atoms with E-state index in [1.165, 1.54) is 11.1 Å². The molecule has 106 valence electrons. The zero-order valence-corrected chi connectivity index (χ0v) is 13.1. The minimum atomic E-state index is -0.656. The minimum absolute atomic E-state index is 0.0794. The number of rotatable bonds is 2. The molecule has 0 radical (unpaired) electrons. The number of hydrogen-bond acceptors (Lipinski definition) is 3. The van der Waals surface area contributed by atoms with Crippen LogP contribution in [0.1, 0.15) is 42.6 Å². The summed E-state index contributed by atoms with van der Waals surface area (Å²) in [7, 11) is 0. The van der Waals surface area contributed by atoms with Gasteiger partial charge in [0, 0.05) is 30.1 Å². The predicted octanol–water partition coefficient (Wildman–Crippen LogP) is 3.51. The van der Waals surface area contributed by atoms with Gasteiger partial charge < -0.3 is 5.11 Å². The first kappa shape index (κ1) is 13.8. The molecule has 2 aromatic rings. The molecule has 0 saturated carbocycles. The van der Waals surface area contributed by atoms with Crippen LogP contribution in [0.2, 0.25) is 0 Å². The van der Waals surface area contributed by atoms with Gasteiger partial charge in [-0.05, 0) is 11.1 Å². The maximum Gasteiger partial charge on any atom is 0.0957 e. The van der Waals surface area contributed by atoms with Crippen molar-refractivity contribution in [2.75, 3.05) is 0 Å². The van der Waals surface area contributed by atoms with Gasteiger partial charge in [0.05, 0.1) is 16.3 Å². The van der Waals surface area contributed by atoms with Gasteiger partial charge in [0.2, 0.25) is 0 Å². The van der Waals surface area contributed by atoms with Crippen LogP contribution in [0, 0.1) is 0 Å². The van der Waals surface area contributed by atoms with Crippen molar-refractivity contribution in [2.45, 2.75) is 51.0 Å². The Morgan fingerprint density at radius 2 is 1.80 bits per heavy atom. The van der Waals surface area contributed by atoms with Gasteiger partial charge in [0.25, 0.3) is 0 Å². The Bertz CT molecular complexity index is 599. The molecule has 0 aliphatic heterocycles. The zero-order chi connectivity index (χ0) is 14.4. The molecule has 0 bridgehead atoms. The third-order valence-corrected chi connectivity index (χ3v) is 4.81. The Labute approximate surface area is 124 Å². The van der Waals surface area contributed by atoms with Crippen molar-refractivity contribution in [3.63, 3.8) is 0 Å². The molecule has 1 aromatic heterocycles. The molecule has 3 rings (SSSR count). The molecular weight excluding hydrogens is 266 g/mol. The zero-order valence-electron chi connectivity index (χ0n) is 12.3.